The van der Waals surface area contributed by atoms with E-state index < -0.39 is 0 Å². The normalized spacial score (nSPS) is 9.83. The summed E-state index contributed by atoms with van der Waals surface area (Å²) >= 11 is 0. The van der Waals surface area contributed by atoms with Crippen LogP contribution in [-0.2, 0) is 11.2 Å². The topological polar surface area (TPSA) is 43.1 Å². The number of Topliss-reactive ketones (excluding diaryl/α,β-unsaturated/α-hetero) is 1. The molecule has 1 aromatic rings. The second kappa shape index (κ2) is 4.02. The van der Waals surface area contributed by atoms with Crippen molar-refractivity contribution in [1.82, 2.24) is 0 Å². The first-order valence-electron chi connectivity index (χ1n) is 3.99. The number of benzene rings is 1. The largest absolute Gasteiger partial charge is 0.324 e. The van der Waals surface area contributed by atoms with E-state index in [1.165, 1.54) is 5.56 Å². The summed E-state index contributed by atoms with van der Waals surface area (Å²) in [5.74, 6) is 0.0823. The fraction of sp³-hybridized carbons (Fsp3) is 0.300. The molecule has 64 valence electrons. The first-order valence-corrected chi connectivity index (χ1v) is 3.99. The van der Waals surface area contributed by atoms with E-state index in [0.717, 1.165) is 5.56 Å². The first kappa shape index (κ1) is 8.94. The molecule has 0 aromatic heterocycles. The van der Waals surface area contributed by atoms with Crippen LogP contribution in [0.4, 0.5) is 0 Å². The highest BCUT2D eigenvalue weighted by Gasteiger charge is 1.99. The van der Waals surface area contributed by atoms with Gasteiger partial charge in [0.25, 0.3) is 0 Å². The number of carbonyl (C=O) groups excluding carboxylic acids is 1. The zero-order chi connectivity index (χ0) is 8.97. The minimum Gasteiger partial charge on any atom is -0.324 e. The first-order chi connectivity index (χ1) is 5.72. The van der Waals surface area contributed by atoms with E-state index in [0.29, 0.717) is 6.42 Å². The second-order valence-corrected chi connectivity index (χ2v) is 2.91. The van der Waals surface area contributed by atoms with Crippen molar-refractivity contribution >= 4 is 5.78 Å². The van der Waals surface area contributed by atoms with Crippen LogP contribution < -0.4 is 5.73 Å². The molecule has 2 heteroatoms. The fourth-order valence-electron chi connectivity index (χ4n) is 1.01. The van der Waals surface area contributed by atoms with E-state index in [1.54, 1.807) is 0 Å². The lowest BCUT2D eigenvalue weighted by molar-refractivity contribution is -0.117. The molecular weight excluding hydrogens is 150 g/mol. The molecule has 0 radical (unpaired) electrons. The third-order valence-electron chi connectivity index (χ3n) is 1.75. The average Bonchev–Trinajstić information content (AvgIpc) is 2.09. The van der Waals surface area contributed by atoms with Crippen molar-refractivity contribution in [1.29, 1.82) is 0 Å². The van der Waals surface area contributed by atoms with E-state index in [1.807, 2.05) is 31.2 Å². The van der Waals surface area contributed by atoms with Gasteiger partial charge in [0.15, 0.2) is 5.78 Å². The van der Waals surface area contributed by atoms with E-state index in [4.69, 9.17) is 5.73 Å². The molecule has 0 aliphatic heterocycles. The number of ketones is 1. The van der Waals surface area contributed by atoms with Gasteiger partial charge < -0.3 is 5.73 Å². The van der Waals surface area contributed by atoms with Crippen LogP contribution in [0.1, 0.15) is 11.1 Å². The van der Waals surface area contributed by atoms with Crippen molar-refractivity contribution in [2.75, 3.05) is 6.54 Å². The molecule has 0 spiro atoms. The van der Waals surface area contributed by atoms with Crippen molar-refractivity contribution in [2.24, 2.45) is 5.73 Å². The average molecular weight is 163 g/mol. The summed E-state index contributed by atoms with van der Waals surface area (Å²) in [6, 6.07) is 7.92. The highest BCUT2D eigenvalue weighted by atomic mass is 16.1. The predicted octanol–water partition coefficient (Wildman–Crippen LogP) is 1.07. The smallest absolute Gasteiger partial charge is 0.150 e. The van der Waals surface area contributed by atoms with Crippen molar-refractivity contribution in [3.05, 3.63) is 35.4 Å². The van der Waals surface area contributed by atoms with Crippen LogP contribution in [0.15, 0.2) is 24.3 Å². The SMILES string of the molecule is Cc1ccc(CC(=O)CN)cc1. The second-order valence-electron chi connectivity index (χ2n) is 2.91. The molecule has 1 rings (SSSR count). The van der Waals surface area contributed by atoms with Crippen molar-refractivity contribution in [2.45, 2.75) is 13.3 Å². The third-order valence-corrected chi connectivity index (χ3v) is 1.75. The van der Waals surface area contributed by atoms with Gasteiger partial charge in [0.05, 0.1) is 6.54 Å². The number of hydrogen-bond donors (Lipinski definition) is 1. The Morgan fingerprint density at radius 2 is 1.92 bits per heavy atom. The zero-order valence-electron chi connectivity index (χ0n) is 7.21. The maximum absolute atomic E-state index is 10.9. The Kier molecular flexibility index (Phi) is 3.00. The van der Waals surface area contributed by atoms with Crippen LogP contribution in [0.25, 0.3) is 0 Å². The predicted molar refractivity (Wildman–Crippen MR) is 48.9 cm³/mol. The minimum atomic E-state index is 0.0823. The van der Waals surface area contributed by atoms with Crippen LogP contribution in [0.5, 0.6) is 0 Å². The molecule has 0 saturated heterocycles. The number of carbonyl (C=O) groups is 1. The van der Waals surface area contributed by atoms with E-state index in [-0.39, 0.29) is 12.3 Å². The minimum absolute atomic E-state index is 0.0823. The molecule has 0 atom stereocenters. The molecular formula is C10H13NO. The van der Waals surface area contributed by atoms with Crippen LogP contribution in [-0.4, -0.2) is 12.3 Å². The summed E-state index contributed by atoms with van der Waals surface area (Å²) < 4.78 is 0. The van der Waals surface area contributed by atoms with Gasteiger partial charge in [-0.15, -0.1) is 0 Å². The standard InChI is InChI=1S/C10H13NO/c1-8-2-4-9(5-3-8)6-10(12)7-11/h2-5H,6-7,11H2,1H3. The van der Waals surface area contributed by atoms with Gasteiger partial charge in [-0.05, 0) is 12.5 Å². The van der Waals surface area contributed by atoms with Crippen LogP contribution in [0.3, 0.4) is 0 Å². The summed E-state index contributed by atoms with van der Waals surface area (Å²) in [7, 11) is 0. The molecule has 0 aliphatic rings. The Bertz CT molecular complexity index is 264. The molecule has 0 unspecified atom stereocenters. The Balaban J connectivity index is 2.64. The van der Waals surface area contributed by atoms with Crippen molar-refractivity contribution < 1.29 is 4.79 Å². The van der Waals surface area contributed by atoms with Crippen molar-refractivity contribution in [3.63, 3.8) is 0 Å². The van der Waals surface area contributed by atoms with E-state index in [2.05, 4.69) is 0 Å². The number of rotatable bonds is 3. The lowest BCUT2D eigenvalue weighted by Crippen LogP contribution is -2.15. The zero-order valence-corrected chi connectivity index (χ0v) is 7.21. The highest BCUT2D eigenvalue weighted by molar-refractivity contribution is 5.82. The summed E-state index contributed by atoms with van der Waals surface area (Å²) in [6.07, 6.45) is 0.455. The van der Waals surface area contributed by atoms with Gasteiger partial charge in [0, 0.05) is 6.42 Å². The van der Waals surface area contributed by atoms with Crippen LogP contribution in [0.2, 0.25) is 0 Å². The number of hydrogen-bond acceptors (Lipinski definition) is 2. The van der Waals surface area contributed by atoms with E-state index >= 15 is 0 Å². The Hall–Kier alpha value is -1.15. The Labute approximate surface area is 72.4 Å². The summed E-state index contributed by atoms with van der Waals surface area (Å²) in [4.78, 5) is 10.9. The van der Waals surface area contributed by atoms with Gasteiger partial charge in [0.2, 0.25) is 0 Å². The number of aryl methyl sites for hydroxylation is 1. The van der Waals surface area contributed by atoms with Gasteiger partial charge in [-0.1, -0.05) is 29.8 Å². The lowest BCUT2D eigenvalue weighted by atomic mass is 10.1. The molecule has 0 amide bonds. The maximum atomic E-state index is 10.9. The summed E-state index contributed by atoms with van der Waals surface area (Å²) in [5.41, 5.74) is 7.45. The Morgan fingerprint density at radius 3 is 2.42 bits per heavy atom. The van der Waals surface area contributed by atoms with Gasteiger partial charge in [-0.25, -0.2) is 0 Å². The monoisotopic (exact) mass is 163 g/mol. The molecule has 0 heterocycles. The maximum Gasteiger partial charge on any atom is 0.150 e. The molecule has 0 saturated carbocycles. The molecule has 0 fully saturated rings. The highest BCUT2D eigenvalue weighted by Crippen LogP contribution is 2.03. The molecule has 0 bridgehead atoms. The van der Waals surface area contributed by atoms with Crippen LogP contribution >= 0.6 is 0 Å². The lowest BCUT2D eigenvalue weighted by Gasteiger charge is -1.98. The van der Waals surface area contributed by atoms with Crippen LogP contribution in [0, 0.1) is 6.92 Å². The Morgan fingerprint density at radius 1 is 1.33 bits per heavy atom. The molecule has 2 N–H and O–H groups in total. The van der Waals surface area contributed by atoms with Gasteiger partial charge in [-0.3, -0.25) is 4.79 Å². The van der Waals surface area contributed by atoms with Gasteiger partial charge >= 0.3 is 0 Å². The van der Waals surface area contributed by atoms with Crippen molar-refractivity contribution in [3.8, 4) is 0 Å². The molecule has 0 aliphatic carbocycles. The fourth-order valence-corrected chi connectivity index (χ4v) is 1.01. The molecule has 12 heavy (non-hydrogen) atoms. The molecule has 1 aromatic carbocycles. The summed E-state index contributed by atoms with van der Waals surface area (Å²) in [6.45, 7) is 2.16. The van der Waals surface area contributed by atoms with Gasteiger partial charge in [0.1, 0.15) is 0 Å². The van der Waals surface area contributed by atoms with Gasteiger partial charge in [-0.2, -0.15) is 0 Å². The summed E-state index contributed by atoms with van der Waals surface area (Å²) in [5, 5.41) is 0. The quantitative estimate of drug-likeness (QED) is 0.724. The molecule has 2 nitrogen and oxygen atoms in total. The third kappa shape index (κ3) is 2.47. The number of nitrogens with two attached hydrogens (primary N) is 1. The van der Waals surface area contributed by atoms with E-state index in [9.17, 15) is 4.79 Å².